The fraction of sp³-hybridized carbons (Fsp3) is 0.318. The number of rotatable bonds is 7. The Kier molecular flexibility index (Phi) is 6.21. The number of azo groups is 1. The smallest absolute Gasteiger partial charge is 0.308 e. The first-order valence-corrected chi connectivity index (χ1v) is 12.0. The Morgan fingerprint density at radius 2 is 1.88 bits per heavy atom. The first-order chi connectivity index (χ1) is 16.0. The van der Waals surface area contributed by atoms with Gasteiger partial charge < -0.3 is 4.90 Å². The SMILES string of the molecule is CN(C)CCS(=O)(=O)Nc1ccccc1-c1ccc2c(c1)N(CC(F)(F)F)C(=O)C1=CN=NC12. The monoisotopic (exact) mass is 493 g/mol. The Morgan fingerprint density at radius 3 is 2.59 bits per heavy atom. The number of para-hydroxylation sites is 1. The summed E-state index contributed by atoms with van der Waals surface area (Å²) in [5, 5.41) is 7.72. The molecule has 0 aromatic heterocycles. The molecule has 1 amide bonds. The lowest BCUT2D eigenvalue weighted by Crippen LogP contribution is -2.43. The van der Waals surface area contributed by atoms with Crippen molar-refractivity contribution >= 4 is 27.3 Å². The highest BCUT2D eigenvalue weighted by molar-refractivity contribution is 7.92. The maximum Gasteiger partial charge on any atom is 0.406 e. The molecule has 2 aromatic rings. The van der Waals surface area contributed by atoms with E-state index in [1.807, 2.05) is 0 Å². The van der Waals surface area contributed by atoms with Gasteiger partial charge in [0.1, 0.15) is 12.6 Å². The second-order valence-electron chi connectivity index (χ2n) is 8.27. The molecule has 12 heteroatoms. The maximum absolute atomic E-state index is 13.3. The second kappa shape index (κ2) is 8.84. The highest BCUT2D eigenvalue weighted by Crippen LogP contribution is 2.45. The van der Waals surface area contributed by atoms with Crippen LogP contribution in [0, 0.1) is 0 Å². The molecule has 0 saturated heterocycles. The van der Waals surface area contributed by atoms with Crippen LogP contribution in [-0.4, -0.2) is 58.3 Å². The van der Waals surface area contributed by atoms with E-state index in [9.17, 15) is 26.4 Å². The fourth-order valence-electron chi connectivity index (χ4n) is 3.82. The van der Waals surface area contributed by atoms with Gasteiger partial charge in [0.05, 0.1) is 28.9 Å². The Morgan fingerprint density at radius 1 is 1.15 bits per heavy atom. The molecule has 4 rings (SSSR count). The maximum atomic E-state index is 13.3. The highest BCUT2D eigenvalue weighted by atomic mass is 32.2. The number of alkyl halides is 3. The van der Waals surface area contributed by atoms with Crippen molar-refractivity contribution in [2.75, 3.05) is 42.6 Å². The van der Waals surface area contributed by atoms with Gasteiger partial charge in [-0.2, -0.15) is 23.4 Å². The molecule has 0 aliphatic carbocycles. The summed E-state index contributed by atoms with van der Waals surface area (Å²) in [7, 11) is -0.155. The zero-order valence-corrected chi connectivity index (χ0v) is 19.2. The highest BCUT2D eigenvalue weighted by Gasteiger charge is 2.43. The number of hydrogen-bond acceptors (Lipinski definition) is 6. The predicted molar refractivity (Wildman–Crippen MR) is 122 cm³/mol. The van der Waals surface area contributed by atoms with E-state index in [2.05, 4.69) is 15.0 Å². The Hall–Kier alpha value is -3.25. The van der Waals surface area contributed by atoms with E-state index in [0.717, 1.165) is 0 Å². The van der Waals surface area contributed by atoms with Crippen molar-refractivity contribution in [3.63, 3.8) is 0 Å². The number of nitrogens with zero attached hydrogens (tertiary/aromatic N) is 4. The number of benzene rings is 2. The normalized spacial score (nSPS) is 17.6. The van der Waals surface area contributed by atoms with Gasteiger partial charge in [-0.25, -0.2) is 8.42 Å². The number of nitrogens with one attached hydrogen (secondary N) is 1. The van der Waals surface area contributed by atoms with Crippen molar-refractivity contribution in [1.82, 2.24) is 4.90 Å². The van der Waals surface area contributed by atoms with Gasteiger partial charge in [0.25, 0.3) is 5.91 Å². The molecule has 1 unspecified atom stereocenters. The van der Waals surface area contributed by atoms with E-state index in [4.69, 9.17) is 0 Å². The fourth-order valence-corrected chi connectivity index (χ4v) is 5.04. The number of halogens is 3. The third-order valence-electron chi connectivity index (χ3n) is 5.43. The molecule has 0 spiro atoms. The molecule has 2 aliphatic rings. The number of amides is 1. The number of carbonyl (C=O) groups is 1. The van der Waals surface area contributed by atoms with Crippen LogP contribution in [0.5, 0.6) is 0 Å². The molecule has 180 valence electrons. The van der Waals surface area contributed by atoms with Crippen LogP contribution < -0.4 is 9.62 Å². The zero-order valence-electron chi connectivity index (χ0n) is 18.4. The first-order valence-electron chi connectivity index (χ1n) is 10.3. The largest absolute Gasteiger partial charge is 0.406 e. The summed E-state index contributed by atoms with van der Waals surface area (Å²) < 4.78 is 67.6. The molecule has 2 heterocycles. The van der Waals surface area contributed by atoms with E-state index in [1.54, 1.807) is 55.4 Å². The third kappa shape index (κ3) is 4.97. The number of carbonyl (C=O) groups excluding carboxylic acids is 1. The Balaban J connectivity index is 1.75. The van der Waals surface area contributed by atoms with Crippen molar-refractivity contribution in [2.24, 2.45) is 10.2 Å². The van der Waals surface area contributed by atoms with Gasteiger partial charge >= 0.3 is 6.18 Å². The van der Waals surface area contributed by atoms with Crippen LogP contribution in [0.4, 0.5) is 24.5 Å². The van der Waals surface area contributed by atoms with E-state index in [1.165, 1.54) is 12.3 Å². The summed E-state index contributed by atoms with van der Waals surface area (Å²) in [6, 6.07) is 10.5. The van der Waals surface area contributed by atoms with Crippen molar-refractivity contribution in [1.29, 1.82) is 0 Å². The van der Waals surface area contributed by atoms with Crippen LogP contribution in [-0.2, 0) is 14.8 Å². The molecule has 0 fully saturated rings. The quantitative estimate of drug-likeness (QED) is 0.632. The molecule has 8 nitrogen and oxygen atoms in total. The number of hydrogen-bond donors (Lipinski definition) is 1. The Bertz CT molecular complexity index is 1290. The van der Waals surface area contributed by atoms with Crippen LogP contribution >= 0.6 is 0 Å². The first kappa shape index (κ1) is 23.9. The second-order valence-corrected chi connectivity index (χ2v) is 10.1. The van der Waals surface area contributed by atoms with Gasteiger partial charge in [-0.15, -0.1) is 0 Å². The van der Waals surface area contributed by atoms with Crippen molar-refractivity contribution < 1.29 is 26.4 Å². The molecular weight excluding hydrogens is 471 g/mol. The van der Waals surface area contributed by atoms with E-state index in [0.29, 0.717) is 28.1 Å². The number of anilines is 2. The van der Waals surface area contributed by atoms with Gasteiger partial charge in [0.15, 0.2) is 0 Å². The average Bonchev–Trinajstić information content (AvgIpc) is 3.25. The summed E-state index contributed by atoms with van der Waals surface area (Å²) in [4.78, 5) is 15.2. The number of sulfonamides is 1. The standard InChI is InChI=1S/C22H22F3N5O3S/c1-29(2)9-10-34(32,33)28-18-6-4-3-5-15(18)14-7-8-16-19(11-14)30(13-22(23,24)25)21(31)17-12-26-27-20(16)17/h3-8,11-12,20,28H,9-10,13H2,1-2H3. The summed E-state index contributed by atoms with van der Waals surface area (Å²) in [5.74, 6) is -0.941. The molecule has 1 N–H and O–H groups in total. The molecule has 34 heavy (non-hydrogen) atoms. The molecule has 2 aromatic carbocycles. The average molecular weight is 494 g/mol. The molecule has 2 aliphatic heterocycles. The third-order valence-corrected chi connectivity index (χ3v) is 6.68. The van der Waals surface area contributed by atoms with Crippen LogP contribution in [0.25, 0.3) is 11.1 Å². The number of fused-ring (bicyclic) bond motifs is 3. The van der Waals surface area contributed by atoms with Gasteiger partial charge in [-0.3, -0.25) is 14.4 Å². The van der Waals surface area contributed by atoms with E-state index >= 15 is 0 Å². The van der Waals surface area contributed by atoms with Gasteiger partial charge in [0, 0.05) is 17.7 Å². The molecule has 0 bridgehead atoms. The van der Waals surface area contributed by atoms with E-state index in [-0.39, 0.29) is 22.7 Å². The Labute approximate surface area is 194 Å². The van der Waals surface area contributed by atoms with Crippen LogP contribution in [0.15, 0.2) is 64.5 Å². The summed E-state index contributed by atoms with van der Waals surface area (Å²) in [5.41, 5.74) is 1.77. The van der Waals surface area contributed by atoms with Crippen LogP contribution in [0.2, 0.25) is 0 Å². The molecular formula is C22H22F3N5O3S. The van der Waals surface area contributed by atoms with Crippen LogP contribution in [0.1, 0.15) is 11.6 Å². The molecule has 0 radical (unpaired) electrons. The molecule has 0 saturated carbocycles. The predicted octanol–water partition coefficient (Wildman–Crippen LogP) is 3.96. The summed E-state index contributed by atoms with van der Waals surface area (Å²) in [6.07, 6.45) is -3.44. The summed E-state index contributed by atoms with van der Waals surface area (Å²) >= 11 is 0. The van der Waals surface area contributed by atoms with E-state index < -0.39 is 34.7 Å². The minimum absolute atomic E-state index is 0.0630. The van der Waals surface area contributed by atoms with Gasteiger partial charge in [-0.05, 0) is 31.8 Å². The van der Waals surface area contributed by atoms with Crippen LogP contribution in [0.3, 0.4) is 0 Å². The van der Waals surface area contributed by atoms with Gasteiger partial charge in [-0.1, -0.05) is 30.3 Å². The van der Waals surface area contributed by atoms with Crippen molar-refractivity contribution in [3.8, 4) is 11.1 Å². The molecule has 1 atom stereocenters. The van der Waals surface area contributed by atoms with Gasteiger partial charge in [0.2, 0.25) is 10.0 Å². The topological polar surface area (TPSA) is 94.4 Å². The lowest BCUT2D eigenvalue weighted by Gasteiger charge is -2.33. The lowest BCUT2D eigenvalue weighted by molar-refractivity contribution is -0.130. The lowest BCUT2D eigenvalue weighted by atomic mass is 9.90. The minimum Gasteiger partial charge on any atom is -0.308 e. The zero-order chi connectivity index (χ0) is 24.7. The van der Waals surface area contributed by atoms with Crippen molar-refractivity contribution in [3.05, 3.63) is 59.8 Å². The van der Waals surface area contributed by atoms with Crippen molar-refractivity contribution in [2.45, 2.75) is 12.2 Å². The summed E-state index contributed by atoms with van der Waals surface area (Å²) in [6.45, 7) is -1.15. The minimum atomic E-state index is -4.62.